The van der Waals surface area contributed by atoms with Gasteiger partial charge in [-0.25, -0.2) is 0 Å². The molecule has 2 fully saturated rings. The Labute approximate surface area is 144 Å². The van der Waals surface area contributed by atoms with Crippen molar-refractivity contribution in [1.82, 2.24) is 14.4 Å². The molecule has 1 amide bonds. The zero-order valence-corrected chi connectivity index (χ0v) is 14.7. The Bertz CT molecular complexity index is 735. The van der Waals surface area contributed by atoms with Crippen molar-refractivity contribution in [3.05, 3.63) is 36.5 Å². The molecule has 2 aliphatic heterocycles. The molecule has 2 unspecified atom stereocenters. The first-order valence-electron chi connectivity index (χ1n) is 9.22. The van der Waals surface area contributed by atoms with Gasteiger partial charge in [-0.3, -0.25) is 9.69 Å². The van der Waals surface area contributed by atoms with Gasteiger partial charge in [0.05, 0.1) is 0 Å². The lowest BCUT2D eigenvalue weighted by atomic mass is 10.1. The summed E-state index contributed by atoms with van der Waals surface area (Å²) in [6.45, 7) is 6.82. The summed E-state index contributed by atoms with van der Waals surface area (Å²) in [5.41, 5.74) is 1.14. The van der Waals surface area contributed by atoms with Crippen LogP contribution in [0.3, 0.4) is 0 Å². The van der Waals surface area contributed by atoms with Crippen LogP contribution in [0.4, 0.5) is 0 Å². The first kappa shape index (κ1) is 15.7. The summed E-state index contributed by atoms with van der Waals surface area (Å²) in [4.78, 5) is 17.7. The normalized spacial score (nSPS) is 24.7. The van der Waals surface area contributed by atoms with E-state index in [1.165, 1.54) is 18.2 Å². The zero-order valence-electron chi connectivity index (χ0n) is 14.7. The van der Waals surface area contributed by atoms with Crippen molar-refractivity contribution in [2.75, 3.05) is 13.1 Å². The van der Waals surface area contributed by atoms with Crippen molar-refractivity contribution in [3.8, 4) is 0 Å². The van der Waals surface area contributed by atoms with Gasteiger partial charge >= 0.3 is 0 Å². The lowest BCUT2D eigenvalue weighted by Gasteiger charge is -2.32. The summed E-state index contributed by atoms with van der Waals surface area (Å²) < 4.78 is 2.08. The molecule has 2 saturated heterocycles. The first-order chi connectivity index (χ1) is 11.6. The SMILES string of the molecule is CC(C)N1C2CCC1CN(C(=O)Cn1ccc3ccccc31)CC2. The number of hydrogen-bond donors (Lipinski definition) is 0. The Hall–Kier alpha value is -1.81. The van der Waals surface area contributed by atoms with E-state index in [0.29, 0.717) is 24.7 Å². The van der Waals surface area contributed by atoms with Crippen molar-refractivity contribution in [2.24, 2.45) is 0 Å². The molecule has 1 aromatic carbocycles. The van der Waals surface area contributed by atoms with Gasteiger partial charge < -0.3 is 9.47 Å². The molecule has 0 saturated carbocycles. The highest BCUT2D eigenvalue weighted by molar-refractivity contribution is 5.83. The van der Waals surface area contributed by atoms with Crippen LogP contribution in [-0.2, 0) is 11.3 Å². The van der Waals surface area contributed by atoms with Gasteiger partial charge in [0.1, 0.15) is 6.54 Å². The minimum absolute atomic E-state index is 0.257. The highest BCUT2D eigenvalue weighted by Gasteiger charge is 2.39. The fourth-order valence-corrected chi connectivity index (χ4v) is 4.70. The Balaban J connectivity index is 1.49. The Morgan fingerprint density at radius 2 is 1.92 bits per heavy atom. The Morgan fingerprint density at radius 3 is 2.75 bits per heavy atom. The van der Waals surface area contributed by atoms with Crippen LogP contribution in [0.1, 0.15) is 33.1 Å². The number of likely N-dealkylation sites (tertiary alicyclic amines) is 1. The second kappa shape index (κ2) is 6.25. The second-order valence-corrected chi connectivity index (χ2v) is 7.56. The van der Waals surface area contributed by atoms with E-state index in [1.54, 1.807) is 0 Å². The van der Waals surface area contributed by atoms with Crippen molar-refractivity contribution >= 4 is 16.8 Å². The van der Waals surface area contributed by atoms with Gasteiger partial charge in [-0.05, 0) is 50.6 Å². The number of amides is 1. The van der Waals surface area contributed by atoms with Gasteiger partial charge in [-0.15, -0.1) is 0 Å². The summed E-state index contributed by atoms with van der Waals surface area (Å²) in [5, 5.41) is 1.20. The van der Waals surface area contributed by atoms with Gasteiger partial charge in [0.15, 0.2) is 0 Å². The molecular weight excluding hydrogens is 298 g/mol. The molecule has 0 N–H and O–H groups in total. The van der Waals surface area contributed by atoms with Gasteiger partial charge in [0.2, 0.25) is 5.91 Å². The third-order valence-electron chi connectivity index (χ3n) is 5.77. The third-order valence-corrected chi connectivity index (χ3v) is 5.77. The van der Waals surface area contributed by atoms with E-state index < -0.39 is 0 Å². The molecular formula is C20H27N3O. The molecule has 0 spiro atoms. The number of nitrogens with zero attached hydrogens (tertiary/aromatic N) is 3. The van der Waals surface area contributed by atoms with E-state index in [9.17, 15) is 4.79 Å². The monoisotopic (exact) mass is 325 g/mol. The maximum Gasteiger partial charge on any atom is 0.242 e. The van der Waals surface area contributed by atoms with Crippen LogP contribution in [-0.4, -0.2) is 51.5 Å². The van der Waals surface area contributed by atoms with E-state index >= 15 is 0 Å². The quantitative estimate of drug-likeness (QED) is 0.867. The highest BCUT2D eigenvalue weighted by Crippen LogP contribution is 2.32. The van der Waals surface area contributed by atoms with Crippen LogP contribution in [0.2, 0.25) is 0 Å². The fourth-order valence-electron chi connectivity index (χ4n) is 4.70. The molecule has 128 valence electrons. The van der Waals surface area contributed by atoms with Crippen molar-refractivity contribution in [1.29, 1.82) is 0 Å². The number of carbonyl (C=O) groups is 1. The topological polar surface area (TPSA) is 28.5 Å². The number of rotatable bonds is 3. The predicted octanol–water partition coefficient (Wildman–Crippen LogP) is 3.12. The van der Waals surface area contributed by atoms with Crippen molar-refractivity contribution in [2.45, 2.75) is 57.8 Å². The maximum absolute atomic E-state index is 12.9. The lowest BCUT2D eigenvalue weighted by molar-refractivity contribution is -0.132. The maximum atomic E-state index is 12.9. The number of para-hydroxylation sites is 1. The van der Waals surface area contributed by atoms with Crippen LogP contribution >= 0.6 is 0 Å². The van der Waals surface area contributed by atoms with Crippen molar-refractivity contribution in [3.63, 3.8) is 0 Å². The van der Waals surface area contributed by atoms with Crippen LogP contribution < -0.4 is 0 Å². The molecule has 4 heteroatoms. The third kappa shape index (κ3) is 2.73. The standard InChI is InChI=1S/C20H27N3O/c1-15(2)23-17-7-8-18(23)13-22(12-10-17)20(24)14-21-11-9-16-5-3-4-6-19(16)21/h3-6,9,11,15,17-18H,7-8,10,12-14H2,1-2H3. The number of aromatic nitrogens is 1. The summed E-state index contributed by atoms with van der Waals surface area (Å²) in [6, 6.07) is 12.1. The second-order valence-electron chi connectivity index (χ2n) is 7.56. The van der Waals surface area contributed by atoms with E-state index in [-0.39, 0.29) is 5.91 Å². The Kier molecular flexibility index (Phi) is 4.09. The minimum atomic E-state index is 0.257. The van der Waals surface area contributed by atoms with E-state index in [4.69, 9.17) is 0 Å². The predicted molar refractivity (Wildman–Crippen MR) is 96.9 cm³/mol. The van der Waals surface area contributed by atoms with E-state index in [1.807, 2.05) is 18.3 Å². The zero-order chi connectivity index (χ0) is 16.7. The molecule has 2 aromatic rings. The summed E-state index contributed by atoms with van der Waals surface area (Å²) in [5.74, 6) is 0.257. The smallest absolute Gasteiger partial charge is 0.242 e. The van der Waals surface area contributed by atoms with Gasteiger partial charge in [0.25, 0.3) is 0 Å². The average Bonchev–Trinajstić information content (AvgIpc) is 3.08. The summed E-state index contributed by atoms with van der Waals surface area (Å²) in [7, 11) is 0. The molecule has 4 rings (SSSR count). The van der Waals surface area contributed by atoms with E-state index in [2.05, 4.69) is 46.4 Å². The number of fused-ring (bicyclic) bond motifs is 3. The van der Waals surface area contributed by atoms with Crippen LogP contribution in [0.15, 0.2) is 36.5 Å². The highest BCUT2D eigenvalue weighted by atomic mass is 16.2. The van der Waals surface area contributed by atoms with Gasteiger partial charge in [-0.2, -0.15) is 0 Å². The number of hydrogen-bond acceptors (Lipinski definition) is 2. The number of benzene rings is 1. The lowest BCUT2D eigenvalue weighted by Crippen LogP contribution is -2.44. The van der Waals surface area contributed by atoms with Crippen LogP contribution in [0.5, 0.6) is 0 Å². The molecule has 2 atom stereocenters. The van der Waals surface area contributed by atoms with Gasteiger partial charge in [-0.1, -0.05) is 18.2 Å². The molecule has 4 nitrogen and oxygen atoms in total. The van der Waals surface area contributed by atoms with Crippen molar-refractivity contribution < 1.29 is 4.79 Å². The molecule has 1 aromatic heterocycles. The summed E-state index contributed by atoms with van der Waals surface area (Å²) >= 11 is 0. The number of carbonyl (C=O) groups excluding carboxylic acids is 1. The first-order valence-corrected chi connectivity index (χ1v) is 9.22. The minimum Gasteiger partial charge on any atom is -0.340 e. The fraction of sp³-hybridized carbons (Fsp3) is 0.550. The molecule has 0 radical (unpaired) electrons. The molecule has 24 heavy (non-hydrogen) atoms. The molecule has 2 aliphatic rings. The van der Waals surface area contributed by atoms with Gasteiger partial charge in [0, 0.05) is 42.9 Å². The molecule has 0 aliphatic carbocycles. The average molecular weight is 325 g/mol. The largest absolute Gasteiger partial charge is 0.340 e. The molecule has 2 bridgehead atoms. The van der Waals surface area contributed by atoms with Crippen LogP contribution in [0, 0.1) is 0 Å². The summed E-state index contributed by atoms with van der Waals surface area (Å²) in [6.07, 6.45) is 5.69. The molecule has 3 heterocycles. The van der Waals surface area contributed by atoms with Crippen LogP contribution in [0.25, 0.3) is 10.9 Å². The Morgan fingerprint density at radius 1 is 1.12 bits per heavy atom. The van der Waals surface area contributed by atoms with E-state index in [0.717, 1.165) is 25.0 Å².